The molecule has 0 bridgehead atoms. The van der Waals surface area contributed by atoms with E-state index in [9.17, 15) is 0 Å². The lowest BCUT2D eigenvalue weighted by molar-refractivity contribution is 0.390. The average molecular weight is 339 g/mol. The van der Waals surface area contributed by atoms with Crippen molar-refractivity contribution in [1.82, 2.24) is 0 Å². The highest BCUT2D eigenvalue weighted by atomic mass is 79.9. The number of para-hydroxylation sites is 1. The third-order valence-electron chi connectivity index (χ3n) is 4.66. The molecule has 2 atom stereocenters. The third kappa shape index (κ3) is 3.98. The number of nitrogens with two attached hydrogens (primary N) is 1. The fourth-order valence-corrected chi connectivity index (χ4v) is 3.79. The Morgan fingerprint density at radius 2 is 2.10 bits per heavy atom. The molecule has 20 heavy (non-hydrogen) atoms. The quantitative estimate of drug-likeness (QED) is 0.746. The van der Waals surface area contributed by atoms with Crippen LogP contribution in [-0.4, -0.2) is 12.1 Å². The Morgan fingerprint density at radius 3 is 2.80 bits per heavy atom. The lowest BCUT2D eigenvalue weighted by Crippen LogP contribution is -2.45. The van der Waals surface area contributed by atoms with Gasteiger partial charge in [-0.2, -0.15) is 0 Å². The van der Waals surface area contributed by atoms with Gasteiger partial charge in [0.25, 0.3) is 0 Å². The van der Waals surface area contributed by atoms with Gasteiger partial charge < -0.3 is 11.1 Å². The van der Waals surface area contributed by atoms with Gasteiger partial charge >= 0.3 is 0 Å². The van der Waals surface area contributed by atoms with Gasteiger partial charge in [-0.1, -0.05) is 44.7 Å². The van der Waals surface area contributed by atoms with Crippen molar-refractivity contribution in [2.45, 2.75) is 57.4 Å². The zero-order valence-electron chi connectivity index (χ0n) is 12.5. The summed E-state index contributed by atoms with van der Waals surface area (Å²) in [6.07, 6.45) is 9.02. The maximum Gasteiger partial charge on any atom is 0.0496 e. The molecule has 0 saturated heterocycles. The molecule has 2 rings (SSSR count). The topological polar surface area (TPSA) is 38.0 Å². The van der Waals surface area contributed by atoms with E-state index in [1.54, 1.807) is 0 Å². The van der Waals surface area contributed by atoms with Crippen LogP contribution in [0, 0.1) is 5.92 Å². The minimum atomic E-state index is 0.0758. The number of benzene rings is 1. The number of hydrogen-bond acceptors (Lipinski definition) is 2. The van der Waals surface area contributed by atoms with Gasteiger partial charge in [0.05, 0.1) is 0 Å². The van der Waals surface area contributed by atoms with Crippen LogP contribution in [-0.2, 0) is 0 Å². The third-order valence-corrected chi connectivity index (χ3v) is 5.35. The molecule has 0 amide bonds. The first-order chi connectivity index (χ1) is 9.69. The van der Waals surface area contributed by atoms with Gasteiger partial charge in [0.1, 0.15) is 0 Å². The highest BCUT2D eigenvalue weighted by molar-refractivity contribution is 9.10. The monoisotopic (exact) mass is 338 g/mol. The summed E-state index contributed by atoms with van der Waals surface area (Å²) in [5.74, 6) is 0.898. The zero-order valence-corrected chi connectivity index (χ0v) is 14.1. The Balaban J connectivity index is 2.08. The van der Waals surface area contributed by atoms with Crippen molar-refractivity contribution in [3.05, 3.63) is 28.7 Å². The van der Waals surface area contributed by atoms with Crippen LogP contribution in [0.4, 0.5) is 5.69 Å². The summed E-state index contributed by atoms with van der Waals surface area (Å²) in [6, 6.07) is 8.35. The van der Waals surface area contributed by atoms with Gasteiger partial charge in [-0.3, -0.25) is 0 Å². The first kappa shape index (κ1) is 15.8. The van der Waals surface area contributed by atoms with E-state index in [-0.39, 0.29) is 5.54 Å². The number of hydrogen-bond donors (Lipinski definition) is 2. The van der Waals surface area contributed by atoms with Gasteiger partial charge in [-0.15, -0.1) is 0 Å². The zero-order chi connectivity index (χ0) is 14.4. The minimum absolute atomic E-state index is 0.0758. The first-order valence-electron chi connectivity index (χ1n) is 7.92. The van der Waals surface area contributed by atoms with Crippen LogP contribution in [0.5, 0.6) is 0 Å². The highest BCUT2D eigenvalue weighted by Gasteiger charge is 2.32. The van der Waals surface area contributed by atoms with Gasteiger partial charge in [0.2, 0.25) is 0 Å². The molecule has 1 aliphatic rings. The van der Waals surface area contributed by atoms with Crippen molar-refractivity contribution < 1.29 is 0 Å². The molecule has 3 heteroatoms. The Bertz CT molecular complexity index is 421. The molecule has 0 aromatic heterocycles. The van der Waals surface area contributed by atoms with E-state index in [4.69, 9.17) is 5.73 Å². The van der Waals surface area contributed by atoms with Crippen LogP contribution in [0.3, 0.4) is 0 Å². The van der Waals surface area contributed by atoms with E-state index >= 15 is 0 Å². The summed E-state index contributed by atoms with van der Waals surface area (Å²) in [4.78, 5) is 0. The van der Waals surface area contributed by atoms with Crippen molar-refractivity contribution in [2.24, 2.45) is 11.7 Å². The van der Waals surface area contributed by atoms with Gasteiger partial charge in [-0.25, -0.2) is 0 Å². The molecule has 3 N–H and O–H groups in total. The Labute approximate surface area is 131 Å². The van der Waals surface area contributed by atoms with Crippen molar-refractivity contribution in [3.63, 3.8) is 0 Å². The maximum atomic E-state index is 6.15. The normalized spacial score (nSPS) is 27.1. The summed E-state index contributed by atoms with van der Waals surface area (Å²) < 4.78 is 1.13. The molecule has 1 aromatic rings. The number of anilines is 1. The lowest BCUT2D eigenvalue weighted by Gasteiger charge is -2.34. The average Bonchev–Trinajstić information content (AvgIpc) is 2.66. The smallest absolute Gasteiger partial charge is 0.0496 e. The predicted molar refractivity (Wildman–Crippen MR) is 91.0 cm³/mol. The van der Waals surface area contributed by atoms with Crippen LogP contribution in [0.15, 0.2) is 28.7 Å². The molecule has 2 nitrogen and oxygen atoms in total. The lowest BCUT2D eigenvalue weighted by atomic mass is 9.88. The van der Waals surface area contributed by atoms with Crippen LogP contribution in [0.1, 0.15) is 51.9 Å². The van der Waals surface area contributed by atoms with E-state index in [0.29, 0.717) is 6.54 Å². The van der Waals surface area contributed by atoms with Gasteiger partial charge in [-0.05, 0) is 53.2 Å². The van der Waals surface area contributed by atoms with Crippen molar-refractivity contribution in [3.8, 4) is 0 Å². The fourth-order valence-electron chi connectivity index (χ4n) is 3.40. The van der Waals surface area contributed by atoms with Crippen LogP contribution < -0.4 is 11.1 Å². The molecular formula is C17H27BrN2. The predicted octanol–water partition coefficient (Wildman–Crippen LogP) is 4.94. The molecule has 0 heterocycles. The largest absolute Gasteiger partial charge is 0.377 e. The van der Waals surface area contributed by atoms with Crippen molar-refractivity contribution >= 4 is 21.6 Å². The second kappa shape index (κ2) is 7.46. The maximum absolute atomic E-state index is 6.15. The summed E-state index contributed by atoms with van der Waals surface area (Å²) >= 11 is 3.63. The molecule has 0 radical (unpaired) electrons. The standard InChI is InChI=1S/C17H27BrN2/c1-2-6-14-7-5-11-17(13-19,12-10-14)20-16-9-4-3-8-15(16)18/h3-4,8-9,14,20H,2,5-7,10-13,19H2,1H3. The molecular weight excluding hydrogens is 312 g/mol. The van der Waals surface area contributed by atoms with Crippen LogP contribution in [0.2, 0.25) is 0 Å². The van der Waals surface area contributed by atoms with Gasteiger partial charge in [0, 0.05) is 22.2 Å². The van der Waals surface area contributed by atoms with Crippen LogP contribution >= 0.6 is 15.9 Å². The molecule has 2 unspecified atom stereocenters. The molecule has 112 valence electrons. The second-order valence-electron chi connectivity index (χ2n) is 6.17. The summed E-state index contributed by atoms with van der Waals surface area (Å²) in [5, 5.41) is 3.74. The SMILES string of the molecule is CCCC1CCCC(CN)(Nc2ccccc2Br)CC1. The Kier molecular flexibility index (Phi) is 5.91. The van der Waals surface area contributed by atoms with Crippen molar-refractivity contribution in [2.75, 3.05) is 11.9 Å². The van der Waals surface area contributed by atoms with Crippen molar-refractivity contribution in [1.29, 1.82) is 0 Å². The summed E-state index contributed by atoms with van der Waals surface area (Å²) in [6.45, 7) is 3.01. The Morgan fingerprint density at radius 1 is 1.30 bits per heavy atom. The fraction of sp³-hybridized carbons (Fsp3) is 0.647. The number of nitrogens with one attached hydrogen (secondary N) is 1. The molecule has 0 spiro atoms. The minimum Gasteiger partial charge on any atom is -0.377 e. The van der Waals surface area contributed by atoms with E-state index < -0.39 is 0 Å². The molecule has 1 fully saturated rings. The van der Waals surface area contributed by atoms with Gasteiger partial charge in [0.15, 0.2) is 0 Å². The first-order valence-corrected chi connectivity index (χ1v) is 8.71. The van der Waals surface area contributed by atoms with E-state index in [1.165, 1.54) is 50.6 Å². The summed E-state index contributed by atoms with van der Waals surface area (Å²) in [7, 11) is 0. The summed E-state index contributed by atoms with van der Waals surface area (Å²) in [5.41, 5.74) is 7.40. The van der Waals surface area contributed by atoms with E-state index in [2.05, 4.69) is 52.4 Å². The molecule has 1 aliphatic carbocycles. The molecule has 1 aromatic carbocycles. The second-order valence-corrected chi connectivity index (χ2v) is 7.03. The molecule has 1 saturated carbocycles. The van der Waals surface area contributed by atoms with E-state index in [0.717, 1.165) is 10.4 Å². The van der Waals surface area contributed by atoms with Crippen LogP contribution in [0.25, 0.3) is 0 Å². The molecule has 0 aliphatic heterocycles. The van der Waals surface area contributed by atoms with E-state index in [1.807, 2.05) is 0 Å². The Hall–Kier alpha value is -0.540. The number of halogens is 1. The number of rotatable bonds is 5. The highest BCUT2D eigenvalue weighted by Crippen LogP contribution is 2.35.